The van der Waals surface area contributed by atoms with E-state index in [9.17, 15) is 8.42 Å². The van der Waals surface area contributed by atoms with E-state index in [2.05, 4.69) is 10.2 Å². The molecule has 1 unspecified atom stereocenters. The number of anilines is 1. The van der Waals surface area contributed by atoms with Gasteiger partial charge in [-0.15, -0.1) is 10.2 Å². The second kappa shape index (κ2) is 4.41. The van der Waals surface area contributed by atoms with Crippen LogP contribution in [0, 0.1) is 0 Å². The van der Waals surface area contributed by atoms with E-state index >= 15 is 0 Å². The van der Waals surface area contributed by atoms with Crippen LogP contribution in [0.1, 0.15) is 20.8 Å². The van der Waals surface area contributed by atoms with Crippen molar-refractivity contribution >= 4 is 26.5 Å². The van der Waals surface area contributed by atoms with Crippen LogP contribution in [0.25, 0.3) is 0 Å². The van der Waals surface area contributed by atoms with Crippen molar-refractivity contribution in [1.29, 1.82) is 0 Å². The van der Waals surface area contributed by atoms with Crippen LogP contribution in [0.3, 0.4) is 0 Å². The zero-order chi connectivity index (χ0) is 13.6. The molecule has 2 heterocycles. The molecular weight excluding hydrogens is 276 g/mol. The fourth-order valence-electron chi connectivity index (χ4n) is 2.01. The largest absolute Gasteiger partial charge is 0.374 e. The Balaban J connectivity index is 2.30. The summed E-state index contributed by atoms with van der Waals surface area (Å²) >= 11 is 0.875. The van der Waals surface area contributed by atoms with Gasteiger partial charge in [0.15, 0.2) is 0 Å². The number of ether oxygens (including phenoxy) is 1. The predicted molar refractivity (Wildman–Crippen MR) is 67.7 cm³/mol. The van der Waals surface area contributed by atoms with Gasteiger partial charge in [-0.3, -0.25) is 0 Å². The number of nitrogens with zero attached hydrogens (tertiary/aromatic N) is 3. The van der Waals surface area contributed by atoms with Crippen molar-refractivity contribution in [2.45, 2.75) is 36.8 Å². The minimum absolute atomic E-state index is 0.0649. The lowest BCUT2D eigenvalue weighted by molar-refractivity contribution is -0.109. The van der Waals surface area contributed by atoms with Gasteiger partial charge in [0.25, 0.3) is 10.0 Å². The molecular formula is C9H16N4O3S2. The summed E-state index contributed by atoms with van der Waals surface area (Å²) in [6, 6.07) is 0. The Kier molecular flexibility index (Phi) is 3.34. The molecule has 0 amide bonds. The van der Waals surface area contributed by atoms with Crippen molar-refractivity contribution in [2.24, 2.45) is 0 Å². The van der Waals surface area contributed by atoms with E-state index in [0.717, 1.165) is 11.3 Å². The highest BCUT2D eigenvalue weighted by Crippen LogP contribution is 2.28. The van der Waals surface area contributed by atoms with E-state index < -0.39 is 15.6 Å². The topological polar surface area (TPSA) is 98.4 Å². The van der Waals surface area contributed by atoms with Gasteiger partial charge in [0.1, 0.15) is 0 Å². The molecule has 7 nitrogen and oxygen atoms in total. The smallest absolute Gasteiger partial charge is 0.272 e. The van der Waals surface area contributed by atoms with E-state index in [4.69, 9.17) is 10.5 Å². The van der Waals surface area contributed by atoms with Crippen molar-refractivity contribution < 1.29 is 13.2 Å². The first-order valence-electron chi connectivity index (χ1n) is 5.48. The Morgan fingerprint density at radius 2 is 2.17 bits per heavy atom. The van der Waals surface area contributed by atoms with E-state index in [-0.39, 0.29) is 15.6 Å². The van der Waals surface area contributed by atoms with Crippen LogP contribution in [0.4, 0.5) is 5.13 Å². The zero-order valence-corrected chi connectivity index (χ0v) is 12.1. The van der Waals surface area contributed by atoms with Crippen LogP contribution < -0.4 is 5.73 Å². The van der Waals surface area contributed by atoms with Gasteiger partial charge in [-0.1, -0.05) is 11.3 Å². The molecule has 0 saturated carbocycles. The van der Waals surface area contributed by atoms with E-state index in [1.807, 2.05) is 20.8 Å². The van der Waals surface area contributed by atoms with Gasteiger partial charge in [-0.2, -0.15) is 4.31 Å². The third-order valence-corrected chi connectivity index (χ3v) is 5.43. The maximum Gasteiger partial charge on any atom is 0.272 e. The molecule has 1 saturated heterocycles. The number of sulfonamides is 1. The number of nitrogen functional groups attached to an aromatic ring is 1. The highest BCUT2D eigenvalue weighted by atomic mass is 32.2. The third kappa shape index (κ3) is 2.63. The number of morpholine rings is 1. The number of rotatable bonds is 2. The molecule has 1 aromatic rings. The molecule has 1 aromatic heterocycles. The zero-order valence-electron chi connectivity index (χ0n) is 10.5. The second-order valence-electron chi connectivity index (χ2n) is 4.89. The molecule has 0 bridgehead atoms. The van der Waals surface area contributed by atoms with Gasteiger partial charge in [0.05, 0.1) is 11.7 Å². The monoisotopic (exact) mass is 292 g/mol. The summed E-state index contributed by atoms with van der Waals surface area (Å²) in [4.78, 5) is 0. The molecule has 0 aromatic carbocycles. The first-order valence-corrected chi connectivity index (χ1v) is 7.73. The summed E-state index contributed by atoms with van der Waals surface area (Å²) in [5.41, 5.74) is 4.91. The molecule has 0 radical (unpaired) electrons. The van der Waals surface area contributed by atoms with Crippen LogP contribution in [-0.2, 0) is 14.8 Å². The summed E-state index contributed by atoms with van der Waals surface area (Å²) in [5.74, 6) is 0. The van der Waals surface area contributed by atoms with Crippen LogP contribution in [0.15, 0.2) is 4.34 Å². The number of hydrogen-bond donors (Lipinski definition) is 1. The van der Waals surface area contributed by atoms with E-state index in [1.165, 1.54) is 4.31 Å². The summed E-state index contributed by atoms with van der Waals surface area (Å²) in [6.45, 7) is 6.17. The van der Waals surface area contributed by atoms with Crippen molar-refractivity contribution in [1.82, 2.24) is 14.5 Å². The van der Waals surface area contributed by atoms with Gasteiger partial charge in [-0.05, 0) is 20.8 Å². The average Bonchev–Trinajstić information content (AvgIpc) is 2.62. The molecule has 2 rings (SSSR count). The Hall–Kier alpha value is -0.770. The molecule has 102 valence electrons. The maximum absolute atomic E-state index is 12.4. The number of hydrogen-bond acceptors (Lipinski definition) is 7. The van der Waals surface area contributed by atoms with Gasteiger partial charge in [-0.25, -0.2) is 8.42 Å². The second-order valence-corrected chi connectivity index (χ2v) is 8.01. The van der Waals surface area contributed by atoms with Gasteiger partial charge >= 0.3 is 0 Å². The van der Waals surface area contributed by atoms with Gasteiger partial charge in [0.2, 0.25) is 9.47 Å². The Morgan fingerprint density at radius 3 is 2.67 bits per heavy atom. The molecule has 1 aliphatic heterocycles. The highest BCUT2D eigenvalue weighted by Gasteiger charge is 2.39. The molecule has 1 fully saturated rings. The van der Waals surface area contributed by atoms with E-state index in [0.29, 0.717) is 13.1 Å². The normalized spacial score (nSPS) is 25.2. The summed E-state index contributed by atoms with van der Waals surface area (Å²) in [5, 5.41) is 7.30. The quantitative estimate of drug-likeness (QED) is 0.842. The molecule has 0 spiro atoms. The number of nitrogens with two attached hydrogens (primary N) is 1. The predicted octanol–water partition coefficient (Wildman–Crippen LogP) is 0.308. The van der Waals surface area contributed by atoms with Crippen molar-refractivity contribution in [2.75, 3.05) is 18.8 Å². The molecule has 0 aliphatic carbocycles. The van der Waals surface area contributed by atoms with Crippen LogP contribution in [0.5, 0.6) is 0 Å². The molecule has 2 N–H and O–H groups in total. The summed E-state index contributed by atoms with van der Waals surface area (Å²) in [6.07, 6.45) is -0.159. The van der Waals surface area contributed by atoms with E-state index in [1.54, 1.807) is 0 Å². The minimum Gasteiger partial charge on any atom is -0.374 e. The molecule has 1 aliphatic rings. The third-order valence-electron chi connectivity index (χ3n) is 2.52. The lowest BCUT2D eigenvalue weighted by Gasteiger charge is -2.40. The Labute approximate surface area is 110 Å². The molecule has 18 heavy (non-hydrogen) atoms. The van der Waals surface area contributed by atoms with Gasteiger partial charge < -0.3 is 10.5 Å². The average molecular weight is 292 g/mol. The van der Waals surface area contributed by atoms with Crippen LogP contribution in [-0.4, -0.2) is 47.7 Å². The maximum atomic E-state index is 12.4. The van der Waals surface area contributed by atoms with Gasteiger partial charge in [0, 0.05) is 13.1 Å². The highest BCUT2D eigenvalue weighted by molar-refractivity contribution is 7.91. The fourth-order valence-corrected chi connectivity index (χ4v) is 4.60. The SMILES string of the molecule is CC1CN(S(=O)(=O)c2nnc(N)s2)CC(C)(C)O1. The van der Waals surface area contributed by atoms with Crippen LogP contribution >= 0.6 is 11.3 Å². The molecule has 1 atom stereocenters. The summed E-state index contributed by atoms with van der Waals surface area (Å²) < 4.78 is 31.7. The lowest BCUT2D eigenvalue weighted by atomic mass is 10.1. The Morgan fingerprint density at radius 1 is 1.50 bits per heavy atom. The van der Waals surface area contributed by atoms with Crippen molar-refractivity contribution in [3.63, 3.8) is 0 Å². The van der Waals surface area contributed by atoms with Crippen molar-refractivity contribution in [3.8, 4) is 0 Å². The Bertz CT molecular complexity index is 540. The minimum atomic E-state index is -3.63. The summed E-state index contributed by atoms with van der Waals surface area (Å²) in [7, 11) is -3.63. The van der Waals surface area contributed by atoms with Crippen molar-refractivity contribution in [3.05, 3.63) is 0 Å². The standard InChI is InChI=1S/C9H16N4O3S2/c1-6-4-13(5-9(2,3)16-6)18(14,15)8-12-11-7(10)17-8/h6H,4-5H2,1-3H3,(H2,10,11). The molecule has 9 heteroatoms. The first-order chi connectivity index (χ1) is 8.21. The number of aromatic nitrogens is 2. The van der Waals surface area contributed by atoms with Crippen LogP contribution in [0.2, 0.25) is 0 Å². The first kappa shape index (κ1) is 13.7. The fraction of sp³-hybridized carbons (Fsp3) is 0.778. The lowest BCUT2D eigenvalue weighted by Crippen LogP contribution is -2.53.